The van der Waals surface area contributed by atoms with Crippen molar-refractivity contribution in [1.29, 1.82) is 0 Å². The summed E-state index contributed by atoms with van der Waals surface area (Å²) in [5.41, 5.74) is -0.336. The molecule has 3 rings (SSSR count). The molecule has 1 amide bonds. The van der Waals surface area contributed by atoms with E-state index >= 15 is 0 Å². The van der Waals surface area contributed by atoms with Crippen LogP contribution >= 0.6 is 0 Å². The van der Waals surface area contributed by atoms with Crippen LogP contribution in [-0.4, -0.2) is 15.6 Å². The van der Waals surface area contributed by atoms with Crippen LogP contribution in [0.2, 0.25) is 0 Å². The fourth-order valence-electron chi connectivity index (χ4n) is 2.42. The highest BCUT2D eigenvalue weighted by Gasteiger charge is 2.14. The number of nitrogens with one attached hydrogen (secondary N) is 1. The van der Waals surface area contributed by atoms with Crippen molar-refractivity contribution in [3.63, 3.8) is 0 Å². The molecular weight excluding hydrogens is 369 g/mol. The number of pyridine rings is 1. The number of anilines is 1. The number of carbonyl (C=O) groups excluding carboxylic acids is 1. The van der Waals surface area contributed by atoms with E-state index in [-0.39, 0.29) is 23.5 Å². The van der Waals surface area contributed by atoms with Gasteiger partial charge in [0.2, 0.25) is 0 Å². The molecule has 0 unspecified atom stereocenters. The van der Waals surface area contributed by atoms with Gasteiger partial charge in [-0.1, -0.05) is 18.2 Å². The van der Waals surface area contributed by atoms with Crippen molar-refractivity contribution < 1.29 is 18.9 Å². The van der Waals surface area contributed by atoms with Gasteiger partial charge in [-0.25, -0.2) is 4.39 Å². The maximum atomic E-state index is 13.2. The molecule has 2 aromatic carbocycles. The van der Waals surface area contributed by atoms with Crippen molar-refractivity contribution in [3.8, 4) is 0 Å². The number of halogens is 1. The molecule has 28 heavy (non-hydrogen) atoms. The largest absolute Gasteiger partial charge is 0.406 e. The molecule has 1 heterocycles. The SMILES string of the molecule is O=C(Nc1cccc(F)c1)c1cccn(OCc2cccc([N+](=O)[O-])c2)c1=O. The molecule has 0 aliphatic rings. The van der Waals surface area contributed by atoms with Crippen LogP contribution in [0.25, 0.3) is 0 Å². The maximum Gasteiger partial charge on any atom is 0.295 e. The molecule has 0 saturated heterocycles. The molecule has 3 aromatic rings. The minimum atomic E-state index is -0.721. The summed E-state index contributed by atoms with van der Waals surface area (Å²) in [5, 5.41) is 13.3. The first-order valence-corrected chi connectivity index (χ1v) is 8.09. The number of carbonyl (C=O) groups is 1. The Hall–Kier alpha value is -4.01. The van der Waals surface area contributed by atoms with Gasteiger partial charge in [-0.2, -0.15) is 4.73 Å². The number of nitrogens with zero attached hydrogens (tertiary/aromatic N) is 2. The van der Waals surface area contributed by atoms with Crippen LogP contribution in [0.5, 0.6) is 0 Å². The Morgan fingerprint density at radius 1 is 1.14 bits per heavy atom. The van der Waals surface area contributed by atoms with Gasteiger partial charge in [-0.15, -0.1) is 0 Å². The highest BCUT2D eigenvalue weighted by Crippen LogP contribution is 2.13. The van der Waals surface area contributed by atoms with Crippen molar-refractivity contribution in [2.24, 2.45) is 0 Å². The average Bonchev–Trinajstić information content (AvgIpc) is 2.67. The zero-order chi connectivity index (χ0) is 20.1. The lowest BCUT2D eigenvalue weighted by molar-refractivity contribution is -0.384. The van der Waals surface area contributed by atoms with Crippen molar-refractivity contribution in [2.75, 3.05) is 5.32 Å². The Kier molecular flexibility index (Phi) is 5.45. The second-order valence-corrected chi connectivity index (χ2v) is 5.72. The molecule has 1 aromatic heterocycles. The van der Waals surface area contributed by atoms with E-state index in [1.807, 2.05) is 0 Å². The van der Waals surface area contributed by atoms with Crippen molar-refractivity contribution in [3.05, 3.63) is 104 Å². The molecule has 8 nitrogen and oxygen atoms in total. The van der Waals surface area contributed by atoms with Gasteiger partial charge >= 0.3 is 0 Å². The van der Waals surface area contributed by atoms with Crippen LogP contribution in [-0.2, 0) is 6.61 Å². The third-order valence-electron chi connectivity index (χ3n) is 3.73. The Balaban J connectivity index is 1.75. The summed E-state index contributed by atoms with van der Waals surface area (Å²) in [7, 11) is 0. The molecule has 0 fully saturated rings. The molecular formula is C19H14FN3O5. The average molecular weight is 383 g/mol. The minimum Gasteiger partial charge on any atom is -0.406 e. The van der Waals surface area contributed by atoms with Gasteiger partial charge in [-0.05, 0) is 35.9 Å². The van der Waals surface area contributed by atoms with Gasteiger partial charge in [0.15, 0.2) is 0 Å². The van der Waals surface area contributed by atoms with Gasteiger partial charge in [0.1, 0.15) is 18.0 Å². The first-order chi connectivity index (χ1) is 13.4. The maximum absolute atomic E-state index is 13.2. The fourth-order valence-corrected chi connectivity index (χ4v) is 2.42. The molecule has 0 atom stereocenters. The van der Waals surface area contributed by atoms with Crippen molar-refractivity contribution in [2.45, 2.75) is 6.61 Å². The summed E-state index contributed by atoms with van der Waals surface area (Å²) in [5.74, 6) is -1.24. The highest BCUT2D eigenvalue weighted by molar-refractivity contribution is 6.03. The zero-order valence-electron chi connectivity index (χ0n) is 14.4. The van der Waals surface area contributed by atoms with E-state index in [4.69, 9.17) is 4.84 Å². The van der Waals surface area contributed by atoms with E-state index in [1.165, 1.54) is 54.7 Å². The van der Waals surface area contributed by atoms with Gasteiger partial charge < -0.3 is 10.2 Å². The normalized spacial score (nSPS) is 10.3. The van der Waals surface area contributed by atoms with Gasteiger partial charge in [0.05, 0.1) is 4.92 Å². The molecule has 142 valence electrons. The smallest absolute Gasteiger partial charge is 0.295 e. The van der Waals surface area contributed by atoms with E-state index in [0.29, 0.717) is 5.56 Å². The molecule has 0 saturated carbocycles. The monoisotopic (exact) mass is 383 g/mol. The summed E-state index contributed by atoms with van der Waals surface area (Å²) < 4.78 is 14.1. The number of rotatable bonds is 6. The summed E-state index contributed by atoms with van der Waals surface area (Å²) in [6.45, 7) is -0.115. The third-order valence-corrected chi connectivity index (χ3v) is 3.73. The van der Waals surface area contributed by atoms with Gasteiger partial charge in [0, 0.05) is 24.0 Å². The quantitative estimate of drug-likeness (QED) is 0.521. The molecule has 0 aliphatic heterocycles. The molecule has 1 N–H and O–H groups in total. The second kappa shape index (κ2) is 8.12. The summed E-state index contributed by atoms with van der Waals surface area (Å²) in [4.78, 5) is 40.4. The topological polar surface area (TPSA) is 103 Å². The number of nitro groups is 1. The first-order valence-electron chi connectivity index (χ1n) is 8.09. The Morgan fingerprint density at radius 3 is 2.68 bits per heavy atom. The Bertz CT molecular complexity index is 1100. The van der Waals surface area contributed by atoms with Crippen molar-refractivity contribution >= 4 is 17.3 Å². The van der Waals surface area contributed by atoms with Crippen LogP contribution in [0.1, 0.15) is 15.9 Å². The number of nitro benzene ring substituents is 1. The number of hydrogen-bond donors (Lipinski definition) is 1. The minimum absolute atomic E-state index is 0.100. The lowest BCUT2D eigenvalue weighted by atomic mass is 10.2. The number of non-ortho nitro benzene ring substituents is 1. The van der Waals surface area contributed by atoms with Gasteiger partial charge in [-0.3, -0.25) is 19.7 Å². The molecule has 0 bridgehead atoms. The lowest BCUT2D eigenvalue weighted by Gasteiger charge is -2.10. The van der Waals surface area contributed by atoms with Crippen molar-refractivity contribution in [1.82, 2.24) is 4.73 Å². The first kappa shape index (κ1) is 18.8. The number of amides is 1. The number of benzene rings is 2. The Morgan fingerprint density at radius 2 is 1.93 bits per heavy atom. The van der Waals surface area contributed by atoms with Crippen LogP contribution in [0.4, 0.5) is 15.8 Å². The number of hydrogen-bond acceptors (Lipinski definition) is 5. The van der Waals surface area contributed by atoms with E-state index in [0.717, 1.165) is 10.8 Å². The van der Waals surface area contributed by atoms with E-state index in [1.54, 1.807) is 6.07 Å². The molecule has 0 aliphatic carbocycles. The van der Waals surface area contributed by atoms with Crippen LogP contribution < -0.4 is 15.7 Å². The molecule has 9 heteroatoms. The number of aromatic nitrogens is 1. The fraction of sp³-hybridized carbons (Fsp3) is 0.0526. The Labute approximate surface area is 157 Å². The second-order valence-electron chi connectivity index (χ2n) is 5.72. The predicted octanol–water partition coefficient (Wildman–Crippen LogP) is 2.78. The zero-order valence-corrected chi connectivity index (χ0v) is 14.4. The van der Waals surface area contributed by atoms with E-state index < -0.39 is 22.2 Å². The van der Waals surface area contributed by atoms with E-state index in [2.05, 4.69) is 5.32 Å². The summed E-state index contributed by atoms with van der Waals surface area (Å²) in [6.07, 6.45) is 1.32. The van der Waals surface area contributed by atoms with E-state index in [9.17, 15) is 24.1 Å². The molecule has 0 spiro atoms. The molecule has 0 radical (unpaired) electrons. The summed E-state index contributed by atoms with van der Waals surface area (Å²) in [6, 6.07) is 13.8. The van der Waals surface area contributed by atoms with Crippen LogP contribution in [0, 0.1) is 15.9 Å². The summed E-state index contributed by atoms with van der Waals surface area (Å²) >= 11 is 0. The standard InChI is InChI=1S/C19H14FN3O5/c20-14-5-2-6-15(11-14)21-18(24)17-8-3-9-22(19(17)25)28-12-13-4-1-7-16(10-13)23(26)27/h1-11H,12H2,(H,21,24). The lowest BCUT2D eigenvalue weighted by Crippen LogP contribution is -2.32. The third kappa shape index (κ3) is 4.39. The van der Waals surface area contributed by atoms with Crippen LogP contribution in [0.15, 0.2) is 71.7 Å². The highest BCUT2D eigenvalue weighted by atomic mass is 19.1. The van der Waals surface area contributed by atoms with Crippen LogP contribution in [0.3, 0.4) is 0 Å². The van der Waals surface area contributed by atoms with Gasteiger partial charge in [0.25, 0.3) is 17.2 Å². The predicted molar refractivity (Wildman–Crippen MR) is 98.4 cm³/mol.